The van der Waals surface area contributed by atoms with Gasteiger partial charge in [-0.15, -0.1) is 0 Å². The molecule has 0 saturated carbocycles. The molecule has 3 heteroatoms. The predicted molar refractivity (Wildman–Crippen MR) is 44.7 cm³/mol. The highest BCUT2D eigenvalue weighted by Gasteiger charge is 2.05. The van der Waals surface area contributed by atoms with Crippen LogP contribution in [0.3, 0.4) is 0 Å². The van der Waals surface area contributed by atoms with Gasteiger partial charge < -0.3 is 15.3 Å². The van der Waals surface area contributed by atoms with Gasteiger partial charge in [0, 0.05) is 5.56 Å². The maximum Gasteiger partial charge on any atom is 0.178 e. The van der Waals surface area contributed by atoms with Crippen LogP contribution >= 0.6 is 0 Å². The van der Waals surface area contributed by atoms with Gasteiger partial charge in [-0.25, -0.2) is 0 Å². The van der Waals surface area contributed by atoms with Crippen molar-refractivity contribution in [3.8, 4) is 5.75 Å². The van der Waals surface area contributed by atoms with Crippen LogP contribution in [0.5, 0.6) is 5.75 Å². The van der Waals surface area contributed by atoms with Crippen LogP contribution in [0, 0.1) is 0 Å². The van der Waals surface area contributed by atoms with Gasteiger partial charge in [-0.2, -0.15) is 0 Å². The van der Waals surface area contributed by atoms with Gasteiger partial charge in [-0.05, 0) is 24.1 Å². The minimum absolute atomic E-state index is 0.196. The Morgan fingerprint density at radius 3 is 2.50 bits per heavy atom. The van der Waals surface area contributed by atoms with Crippen LogP contribution in [-0.4, -0.2) is 15.3 Å². The molecule has 1 aromatic carbocycles. The number of aliphatic hydroxyl groups excluding tert-OH is 1. The number of rotatable bonds is 2. The number of phenols is 1. The number of hydrogen-bond acceptors (Lipinski definition) is 3. The lowest BCUT2D eigenvalue weighted by Crippen LogP contribution is -1.95. The summed E-state index contributed by atoms with van der Waals surface area (Å²) in [6, 6.07) is 4.53. The monoisotopic (exact) mass is 168 g/mol. The van der Waals surface area contributed by atoms with Crippen molar-refractivity contribution >= 4 is 0 Å². The van der Waals surface area contributed by atoms with E-state index in [1.54, 1.807) is 6.07 Å². The van der Waals surface area contributed by atoms with Gasteiger partial charge in [0.2, 0.25) is 0 Å². The smallest absolute Gasteiger partial charge is 0.178 e. The van der Waals surface area contributed by atoms with Crippen LogP contribution < -0.4 is 0 Å². The van der Waals surface area contributed by atoms with E-state index in [-0.39, 0.29) is 5.75 Å². The Balaban J connectivity index is 3.05. The third kappa shape index (κ3) is 1.75. The first-order valence-corrected chi connectivity index (χ1v) is 3.83. The van der Waals surface area contributed by atoms with Crippen LogP contribution in [-0.2, 0) is 6.42 Å². The van der Waals surface area contributed by atoms with Gasteiger partial charge in [-0.1, -0.05) is 13.0 Å². The van der Waals surface area contributed by atoms with Gasteiger partial charge in [0.25, 0.3) is 0 Å². The molecule has 0 fully saturated rings. The summed E-state index contributed by atoms with van der Waals surface area (Å²) in [5.41, 5.74) is 1.13. The maximum absolute atomic E-state index is 9.25. The molecule has 0 saturated heterocycles. The summed E-state index contributed by atoms with van der Waals surface area (Å²) in [7, 11) is 0. The quantitative estimate of drug-likeness (QED) is 0.576. The van der Waals surface area contributed by atoms with Gasteiger partial charge in [0.05, 0.1) is 0 Å². The van der Waals surface area contributed by atoms with Gasteiger partial charge in [0.1, 0.15) is 5.75 Å². The van der Waals surface area contributed by atoms with E-state index in [2.05, 4.69) is 0 Å². The summed E-state index contributed by atoms with van der Waals surface area (Å²) in [5.74, 6) is 0.196. The van der Waals surface area contributed by atoms with Crippen molar-refractivity contribution in [1.29, 1.82) is 0 Å². The van der Waals surface area contributed by atoms with E-state index < -0.39 is 6.29 Å². The number of aliphatic hydroxyl groups is 2. The summed E-state index contributed by atoms with van der Waals surface area (Å²) in [6.45, 7) is 1.89. The van der Waals surface area contributed by atoms with E-state index in [0.29, 0.717) is 12.0 Å². The molecule has 0 spiro atoms. The lowest BCUT2D eigenvalue weighted by molar-refractivity contribution is -0.0425. The first-order valence-electron chi connectivity index (χ1n) is 3.83. The first kappa shape index (κ1) is 9.03. The van der Waals surface area contributed by atoms with E-state index >= 15 is 0 Å². The van der Waals surface area contributed by atoms with Gasteiger partial charge in [-0.3, -0.25) is 0 Å². The minimum atomic E-state index is -1.46. The number of benzene rings is 1. The molecule has 0 radical (unpaired) electrons. The molecule has 0 aliphatic heterocycles. The van der Waals surface area contributed by atoms with Crippen molar-refractivity contribution in [1.82, 2.24) is 0 Å². The molecule has 0 aliphatic rings. The van der Waals surface area contributed by atoms with Crippen LogP contribution in [0.1, 0.15) is 24.3 Å². The number of aryl methyl sites for hydroxylation is 1. The van der Waals surface area contributed by atoms with Crippen LogP contribution in [0.4, 0.5) is 0 Å². The SMILES string of the molecule is CCc1cc(C(O)O)ccc1O. The maximum atomic E-state index is 9.25. The molecular weight excluding hydrogens is 156 g/mol. The summed E-state index contributed by atoms with van der Waals surface area (Å²) >= 11 is 0. The Kier molecular flexibility index (Phi) is 2.68. The van der Waals surface area contributed by atoms with Crippen LogP contribution in [0.2, 0.25) is 0 Å². The second-order valence-electron chi connectivity index (χ2n) is 2.62. The van der Waals surface area contributed by atoms with Crippen molar-refractivity contribution in [3.05, 3.63) is 29.3 Å². The molecule has 0 amide bonds. The molecule has 3 nitrogen and oxygen atoms in total. The summed E-state index contributed by atoms with van der Waals surface area (Å²) in [4.78, 5) is 0. The van der Waals surface area contributed by atoms with E-state index in [9.17, 15) is 5.11 Å². The van der Waals surface area contributed by atoms with E-state index in [1.807, 2.05) is 6.92 Å². The van der Waals surface area contributed by atoms with Crippen molar-refractivity contribution in [3.63, 3.8) is 0 Å². The second kappa shape index (κ2) is 3.56. The van der Waals surface area contributed by atoms with Crippen molar-refractivity contribution < 1.29 is 15.3 Å². The molecule has 12 heavy (non-hydrogen) atoms. The summed E-state index contributed by atoms with van der Waals surface area (Å²) in [5, 5.41) is 26.9. The zero-order chi connectivity index (χ0) is 9.14. The molecule has 1 aromatic rings. The van der Waals surface area contributed by atoms with E-state index in [1.165, 1.54) is 12.1 Å². The lowest BCUT2D eigenvalue weighted by atomic mass is 10.1. The molecule has 0 heterocycles. The fraction of sp³-hybridized carbons (Fsp3) is 0.333. The zero-order valence-corrected chi connectivity index (χ0v) is 6.86. The molecule has 0 aliphatic carbocycles. The highest BCUT2D eigenvalue weighted by atomic mass is 16.5. The fourth-order valence-electron chi connectivity index (χ4n) is 1.05. The highest BCUT2D eigenvalue weighted by molar-refractivity contribution is 5.36. The zero-order valence-electron chi connectivity index (χ0n) is 6.86. The third-order valence-electron chi connectivity index (χ3n) is 1.78. The molecule has 0 unspecified atom stereocenters. The lowest BCUT2D eigenvalue weighted by Gasteiger charge is -2.06. The Morgan fingerprint density at radius 1 is 1.33 bits per heavy atom. The molecule has 0 aromatic heterocycles. The fourth-order valence-corrected chi connectivity index (χ4v) is 1.05. The number of phenolic OH excluding ortho intramolecular Hbond substituents is 1. The molecule has 3 N–H and O–H groups in total. The standard InChI is InChI=1S/C9H12O3/c1-2-6-5-7(9(11)12)3-4-8(6)10/h3-5,9-12H,2H2,1H3. The Labute approximate surface area is 70.9 Å². The second-order valence-corrected chi connectivity index (χ2v) is 2.62. The molecular formula is C9H12O3. The number of aromatic hydroxyl groups is 1. The summed E-state index contributed by atoms with van der Waals surface area (Å²) in [6.07, 6.45) is -0.789. The average molecular weight is 168 g/mol. The van der Waals surface area contributed by atoms with Gasteiger partial charge in [0.15, 0.2) is 6.29 Å². The van der Waals surface area contributed by atoms with Gasteiger partial charge >= 0.3 is 0 Å². The van der Waals surface area contributed by atoms with Crippen molar-refractivity contribution in [2.75, 3.05) is 0 Å². The molecule has 66 valence electrons. The highest BCUT2D eigenvalue weighted by Crippen LogP contribution is 2.21. The van der Waals surface area contributed by atoms with Crippen molar-refractivity contribution in [2.45, 2.75) is 19.6 Å². The number of hydrogen-bond donors (Lipinski definition) is 3. The van der Waals surface area contributed by atoms with E-state index in [4.69, 9.17) is 10.2 Å². The largest absolute Gasteiger partial charge is 0.508 e. The molecule has 1 rings (SSSR count). The van der Waals surface area contributed by atoms with E-state index in [0.717, 1.165) is 5.56 Å². The normalized spacial score (nSPS) is 10.7. The molecule has 0 bridgehead atoms. The topological polar surface area (TPSA) is 60.7 Å². The van der Waals surface area contributed by atoms with Crippen LogP contribution in [0.25, 0.3) is 0 Å². The Bertz CT molecular complexity index is 268. The summed E-state index contributed by atoms with van der Waals surface area (Å²) < 4.78 is 0. The molecule has 0 atom stereocenters. The Morgan fingerprint density at radius 2 is 2.00 bits per heavy atom. The van der Waals surface area contributed by atoms with Crippen LogP contribution in [0.15, 0.2) is 18.2 Å². The van der Waals surface area contributed by atoms with Crippen molar-refractivity contribution in [2.24, 2.45) is 0 Å². The minimum Gasteiger partial charge on any atom is -0.508 e. The average Bonchev–Trinajstić information content (AvgIpc) is 2.05. The Hall–Kier alpha value is -1.06. The predicted octanol–water partition coefficient (Wildman–Crippen LogP) is 0.938. The first-order chi connectivity index (χ1) is 5.65. The third-order valence-corrected chi connectivity index (χ3v) is 1.78.